The topological polar surface area (TPSA) is 29.9 Å². The number of aryl methyl sites for hydroxylation is 1. The van der Waals surface area contributed by atoms with E-state index >= 15 is 0 Å². The van der Waals surface area contributed by atoms with Gasteiger partial charge in [0, 0.05) is 18.2 Å². The van der Waals surface area contributed by atoms with Crippen molar-refractivity contribution in [2.45, 2.75) is 32.6 Å². The summed E-state index contributed by atoms with van der Waals surface area (Å²) >= 11 is 0. The Morgan fingerprint density at radius 3 is 2.53 bits per heavy atom. The van der Waals surface area contributed by atoms with Crippen molar-refractivity contribution < 1.29 is 13.2 Å². The Morgan fingerprint density at radius 1 is 1.53 bits per heavy atom. The summed E-state index contributed by atoms with van der Waals surface area (Å²) in [4.78, 5) is 0. The maximum atomic E-state index is 12.7. The Labute approximate surface area is 86.3 Å². The van der Waals surface area contributed by atoms with E-state index in [1.165, 1.54) is 6.20 Å². The number of halogens is 3. The summed E-state index contributed by atoms with van der Waals surface area (Å²) in [6.45, 7) is 3.52. The third-order valence-corrected chi connectivity index (χ3v) is 2.34. The summed E-state index contributed by atoms with van der Waals surface area (Å²) in [5, 5.41) is 6.50. The molecule has 0 aliphatic carbocycles. The number of nitrogens with one attached hydrogen (secondary N) is 1. The van der Waals surface area contributed by atoms with E-state index in [9.17, 15) is 13.2 Å². The molecule has 1 heterocycles. The lowest BCUT2D eigenvalue weighted by Crippen LogP contribution is -2.20. The van der Waals surface area contributed by atoms with E-state index in [-0.39, 0.29) is 18.2 Å². The van der Waals surface area contributed by atoms with Gasteiger partial charge in [0.25, 0.3) is 0 Å². The lowest BCUT2D eigenvalue weighted by molar-refractivity contribution is -0.145. The smallest absolute Gasteiger partial charge is 0.313 e. The van der Waals surface area contributed by atoms with E-state index in [0.29, 0.717) is 0 Å². The number of aromatic nitrogens is 2. The van der Waals surface area contributed by atoms with Crippen LogP contribution in [-0.2, 0) is 12.7 Å². The van der Waals surface area contributed by atoms with Crippen molar-refractivity contribution >= 4 is 0 Å². The fourth-order valence-corrected chi connectivity index (χ4v) is 1.42. The van der Waals surface area contributed by atoms with Gasteiger partial charge in [-0.05, 0) is 20.9 Å². The Bertz CT molecular complexity index is 330. The molecule has 15 heavy (non-hydrogen) atoms. The molecule has 0 fully saturated rings. The fourth-order valence-electron chi connectivity index (χ4n) is 1.42. The summed E-state index contributed by atoms with van der Waals surface area (Å²) in [5.74, 6) is 0. The summed E-state index contributed by atoms with van der Waals surface area (Å²) in [5.41, 5.74) is -0.473. The third kappa shape index (κ3) is 2.31. The quantitative estimate of drug-likeness (QED) is 0.848. The zero-order valence-electron chi connectivity index (χ0n) is 8.89. The molecule has 6 heteroatoms. The van der Waals surface area contributed by atoms with Crippen molar-refractivity contribution in [2.75, 3.05) is 7.05 Å². The van der Waals surface area contributed by atoms with Crippen LogP contribution < -0.4 is 5.32 Å². The van der Waals surface area contributed by atoms with Gasteiger partial charge < -0.3 is 5.32 Å². The molecule has 0 saturated heterocycles. The zero-order valence-corrected chi connectivity index (χ0v) is 8.89. The van der Waals surface area contributed by atoms with E-state index in [4.69, 9.17) is 0 Å². The maximum absolute atomic E-state index is 12.7. The van der Waals surface area contributed by atoms with Crippen LogP contribution in [0.1, 0.15) is 31.1 Å². The van der Waals surface area contributed by atoms with Crippen LogP contribution in [0.2, 0.25) is 0 Å². The van der Waals surface area contributed by atoms with E-state index in [2.05, 4.69) is 10.4 Å². The normalized spacial score (nSPS) is 14.3. The standard InChI is InChI=1S/C9H14F3N3/c1-4-15-8(9(10,11)12)7(5-14-15)6(2)13-3/h5-6,13H,4H2,1-3H3. The molecule has 86 valence electrons. The van der Waals surface area contributed by atoms with E-state index in [0.717, 1.165) is 4.68 Å². The second-order valence-electron chi connectivity index (χ2n) is 3.27. The lowest BCUT2D eigenvalue weighted by Gasteiger charge is -2.15. The van der Waals surface area contributed by atoms with Crippen LogP contribution in [0.5, 0.6) is 0 Å². The molecule has 0 aromatic carbocycles. The first-order valence-electron chi connectivity index (χ1n) is 4.72. The van der Waals surface area contributed by atoms with E-state index < -0.39 is 11.9 Å². The summed E-state index contributed by atoms with van der Waals surface area (Å²) in [7, 11) is 1.62. The van der Waals surface area contributed by atoms with Crippen LogP contribution in [0, 0.1) is 0 Å². The van der Waals surface area contributed by atoms with Crippen molar-refractivity contribution in [3.8, 4) is 0 Å². The van der Waals surface area contributed by atoms with Crippen LogP contribution in [0.25, 0.3) is 0 Å². The molecule has 1 rings (SSSR count). The minimum absolute atomic E-state index is 0.187. The van der Waals surface area contributed by atoms with Crippen LogP contribution in [0.3, 0.4) is 0 Å². The highest BCUT2D eigenvalue weighted by atomic mass is 19.4. The van der Waals surface area contributed by atoms with Gasteiger partial charge in [-0.2, -0.15) is 18.3 Å². The average molecular weight is 221 g/mol. The molecule has 0 aliphatic heterocycles. The average Bonchev–Trinajstić information content (AvgIpc) is 2.59. The molecule has 0 bridgehead atoms. The van der Waals surface area contributed by atoms with Crippen molar-refractivity contribution in [1.82, 2.24) is 15.1 Å². The number of rotatable bonds is 3. The second-order valence-corrected chi connectivity index (χ2v) is 3.27. The summed E-state index contributed by atoms with van der Waals surface area (Å²) < 4.78 is 39.2. The summed E-state index contributed by atoms with van der Waals surface area (Å²) in [6, 6.07) is -0.359. The van der Waals surface area contributed by atoms with Gasteiger partial charge in [0.05, 0.1) is 6.20 Å². The zero-order chi connectivity index (χ0) is 11.6. The van der Waals surface area contributed by atoms with Gasteiger partial charge in [-0.1, -0.05) is 0 Å². The third-order valence-electron chi connectivity index (χ3n) is 2.34. The lowest BCUT2D eigenvalue weighted by atomic mass is 10.1. The largest absolute Gasteiger partial charge is 0.433 e. The first-order chi connectivity index (χ1) is 6.91. The van der Waals surface area contributed by atoms with Gasteiger partial charge in [0.1, 0.15) is 5.69 Å². The Hall–Kier alpha value is -1.04. The fraction of sp³-hybridized carbons (Fsp3) is 0.667. The SMILES string of the molecule is CCn1ncc(C(C)NC)c1C(F)(F)F. The Morgan fingerprint density at radius 2 is 2.13 bits per heavy atom. The number of alkyl halides is 3. The minimum atomic E-state index is -4.35. The molecule has 1 aromatic heterocycles. The molecule has 0 aliphatic rings. The van der Waals surface area contributed by atoms with E-state index in [1.807, 2.05) is 0 Å². The molecule has 1 N–H and O–H groups in total. The highest BCUT2D eigenvalue weighted by molar-refractivity contribution is 5.24. The van der Waals surface area contributed by atoms with Crippen molar-refractivity contribution in [3.63, 3.8) is 0 Å². The van der Waals surface area contributed by atoms with Gasteiger partial charge in [-0.15, -0.1) is 0 Å². The number of nitrogens with zero attached hydrogens (tertiary/aromatic N) is 2. The van der Waals surface area contributed by atoms with Crippen molar-refractivity contribution in [1.29, 1.82) is 0 Å². The van der Waals surface area contributed by atoms with E-state index in [1.54, 1.807) is 20.9 Å². The highest BCUT2D eigenvalue weighted by Gasteiger charge is 2.38. The molecular weight excluding hydrogens is 207 g/mol. The molecule has 0 amide bonds. The van der Waals surface area contributed by atoms with Gasteiger partial charge in [0.15, 0.2) is 0 Å². The molecule has 1 aromatic rings. The molecule has 1 unspecified atom stereocenters. The Balaban J connectivity index is 3.23. The predicted octanol–water partition coefficient (Wildman–Crippen LogP) is 2.20. The van der Waals surface area contributed by atoms with Crippen LogP contribution in [-0.4, -0.2) is 16.8 Å². The van der Waals surface area contributed by atoms with Crippen LogP contribution in [0.4, 0.5) is 13.2 Å². The highest BCUT2D eigenvalue weighted by Crippen LogP contribution is 2.34. The van der Waals surface area contributed by atoms with Crippen LogP contribution >= 0.6 is 0 Å². The monoisotopic (exact) mass is 221 g/mol. The number of hydrogen-bond acceptors (Lipinski definition) is 2. The Kier molecular flexibility index (Phi) is 3.38. The molecule has 1 atom stereocenters. The molecular formula is C9H14F3N3. The summed E-state index contributed by atoms with van der Waals surface area (Å²) in [6.07, 6.45) is -3.08. The predicted molar refractivity (Wildman–Crippen MR) is 50.4 cm³/mol. The number of hydrogen-bond donors (Lipinski definition) is 1. The molecule has 0 spiro atoms. The molecule has 3 nitrogen and oxygen atoms in total. The maximum Gasteiger partial charge on any atom is 0.433 e. The van der Waals surface area contributed by atoms with Gasteiger partial charge in [-0.25, -0.2) is 0 Å². The molecule has 0 saturated carbocycles. The van der Waals surface area contributed by atoms with Crippen LogP contribution in [0.15, 0.2) is 6.20 Å². The second kappa shape index (κ2) is 4.22. The first-order valence-corrected chi connectivity index (χ1v) is 4.72. The van der Waals surface area contributed by atoms with Gasteiger partial charge in [-0.3, -0.25) is 4.68 Å². The van der Waals surface area contributed by atoms with Gasteiger partial charge >= 0.3 is 6.18 Å². The van der Waals surface area contributed by atoms with Crippen molar-refractivity contribution in [2.24, 2.45) is 0 Å². The van der Waals surface area contributed by atoms with Crippen molar-refractivity contribution in [3.05, 3.63) is 17.5 Å². The minimum Gasteiger partial charge on any atom is -0.313 e. The van der Waals surface area contributed by atoms with Gasteiger partial charge in [0.2, 0.25) is 0 Å². The molecule has 0 radical (unpaired) electrons. The first kappa shape index (κ1) is 12.0.